The molecule has 0 aliphatic rings. The molecule has 100 valence electrons. The maximum Gasteiger partial charge on any atom is 0.119 e. The Kier molecular flexibility index (Phi) is 4.72. The first-order valence-corrected chi connectivity index (χ1v) is 6.54. The molecule has 1 unspecified atom stereocenters. The lowest BCUT2D eigenvalue weighted by Crippen LogP contribution is -2.07. The van der Waals surface area contributed by atoms with E-state index in [9.17, 15) is 0 Å². The summed E-state index contributed by atoms with van der Waals surface area (Å²) < 4.78 is 5.57. The van der Waals surface area contributed by atoms with Gasteiger partial charge in [-0.25, -0.2) is 9.97 Å². The Labute approximate surface area is 113 Å². The first-order chi connectivity index (χ1) is 9.29. The number of anilines is 1. The highest BCUT2D eigenvalue weighted by Crippen LogP contribution is 2.20. The van der Waals surface area contributed by atoms with Crippen LogP contribution in [0.5, 0.6) is 5.75 Å². The molecular weight excluding hydrogens is 238 g/mol. The molecule has 0 spiro atoms. The van der Waals surface area contributed by atoms with Gasteiger partial charge in [0.25, 0.3) is 0 Å². The Morgan fingerprint density at radius 2 is 1.84 bits per heavy atom. The third kappa shape index (κ3) is 3.95. The van der Waals surface area contributed by atoms with Crippen molar-refractivity contribution in [2.75, 3.05) is 11.9 Å². The molecule has 2 rings (SSSR count). The summed E-state index contributed by atoms with van der Waals surface area (Å²) in [6.45, 7) is 4.96. The summed E-state index contributed by atoms with van der Waals surface area (Å²) in [5.41, 5.74) is 2.12. The Balaban J connectivity index is 1.97. The van der Waals surface area contributed by atoms with Crippen LogP contribution < -0.4 is 10.1 Å². The molecule has 1 heterocycles. The average molecular weight is 257 g/mol. The van der Waals surface area contributed by atoms with E-state index in [1.165, 1.54) is 11.9 Å². The Morgan fingerprint density at radius 3 is 2.47 bits per heavy atom. The van der Waals surface area contributed by atoms with E-state index in [2.05, 4.69) is 41.3 Å². The van der Waals surface area contributed by atoms with Crippen LogP contribution in [0, 0.1) is 0 Å². The first kappa shape index (κ1) is 13.3. The van der Waals surface area contributed by atoms with E-state index in [0.29, 0.717) is 0 Å². The van der Waals surface area contributed by atoms with Gasteiger partial charge in [-0.3, -0.25) is 0 Å². The number of nitrogens with one attached hydrogen (secondary N) is 1. The van der Waals surface area contributed by atoms with Crippen molar-refractivity contribution in [3.63, 3.8) is 0 Å². The molecule has 0 saturated heterocycles. The summed E-state index contributed by atoms with van der Waals surface area (Å²) in [5.74, 6) is 0.917. The van der Waals surface area contributed by atoms with Crippen molar-refractivity contribution in [3.05, 3.63) is 48.5 Å². The second-order valence-electron chi connectivity index (χ2n) is 4.41. The lowest BCUT2D eigenvalue weighted by atomic mass is 10.1. The molecule has 0 radical (unpaired) electrons. The summed E-state index contributed by atoms with van der Waals surface area (Å²) in [5, 5.41) is 3.35. The van der Waals surface area contributed by atoms with Crippen LogP contribution in [0.3, 0.4) is 0 Å². The van der Waals surface area contributed by atoms with Gasteiger partial charge in [0.05, 0.1) is 24.7 Å². The quantitative estimate of drug-likeness (QED) is 0.861. The molecule has 0 aliphatic carbocycles. The highest BCUT2D eigenvalue weighted by Gasteiger charge is 2.05. The third-order valence-corrected chi connectivity index (χ3v) is 2.80. The molecule has 0 bridgehead atoms. The maximum atomic E-state index is 5.57. The molecule has 1 aromatic heterocycles. The molecule has 1 N–H and O–H groups in total. The van der Waals surface area contributed by atoms with Gasteiger partial charge in [-0.2, -0.15) is 0 Å². The number of aromatic nitrogens is 2. The minimum absolute atomic E-state index is 0.200. The Morgan fingerprint density at radius 1 is 1.16 bits per heavy atom. The molecule has 1 aromatic carbocycles. The van der Waals surface area contributed by atoms with Crippen molar-refractivity contribution in [2.24, 2.45) is 0 Å². The summed E-state index contributed by atoms with van der Waals surface area (Å²) in [4.78, 5) is 7.97. The van der Waals surface area contributed by atoms with Crippen LogP contribution in [-0.2, 0) is 0 Å². The largest absolute Gasteiger partial charge is 0.494 e. The van der Waals surface area contributed by atoms with Crippen LogP contribution in [-0.4, -0.2) is 16.6 Å². The van der Waals surface area contributed by atoms with Crippen LogP contribution in [0.4, 0.5) is 5.69 Å². The summed E-state index contributed by atoms with van der Waals surface area (Å²) in [7, 11) is 0. The SMILES string of the molecule is CCCOc1ccc(C(C)Nc2cncnc2)cc1. The number of nitrogens with zero attached hydrogens (tertiary/aromatic N) is 2. The highest BCUT2D eigenvalue weighted by molar-refractivity contribution is 5.41. The van der Waals surface area contributed by atoms with E-state index < -0.39 is 0 Å². The highest BCUT2D eigenvalue weighted by atomic mass is 16.5. The Bertz CT molecular complexity index is 485. The van der Waals surface area contributed by atoms with Crippen LogP contribution in [0.25, 0.3) is 0 Å². The zero-order chi connectivity index (χ0) is 13.5. The molecule has 0 aliphatic heterocycles. The van der Waals surface area contributed by atoms with Gasteiger partial charge in [-0.1, -0.05) is 19.1 Å². The lowest BCUT2D eigenvalue weighted by molar-refractivity contribution is 0.317. The second kappa shape index (κ2) is 6.73. The van der Waals surface area contributed by atoms with Crippen molar-refractivity contribution < 1.29 is 4.74 Å². The fourth-order valence-corrected chi connectivity index (χ4v) is 1.78. The molecule has 19 heavy (non-hydrogen) atoms. The molecule has 0 fully saturated rings. The van der Waals surface area contributed by atoms with E-state index in [-0.39, 0.29) is 6.04 Å². The van der Waals surface area contributed by atoms with Gasteiger partial charge >= 0.3 is 0 Å². The number of hydrogen-bond donors (Lipinski definition) is 1. The zero-order valence-corrected chi connectivity index (χ0v) is 11.3. The number of ether oxygens (including phenoxy) is 1. The first-order valence-electron chi connectivity index (χ1n) is 6.54. The van der Waals surface area contributed by atoms with Gasteiger partial charge < -0.3 is 10.1 Å². The van der Waals surface area contributed by atoms with Gasteiger partial charge in [-0.15, -0.1) is 0 Å². The van der Waals surface area contributed by atoms with Crippen LogP contribution in [0.1, 0.15) is 31.9 Å². The van der Waals surface area contributed by atoms with Gasteiger partial charge in [0.1, 0.15) is 12.1 Å². The summed E-state index contributed by atoms with van der Waals surface area (Å²) in [6.07, 6.45) is 6.08. The normalized spacial score (nSPS) is 11.9. The van der Waals surface area contributed by atoms with Crippen LogP contribution >= 0.6 is 0 Å². The second-order valence-corrected chi connectivity index (χ2v) is 4.41. The third-order valence-electron chi connectivity index (χ3n) is 2.80. The molecule has 4 heteroatoms. The molecular formula is C15H19N3O. The summed E-state index contributed by atoms with van der Waals surface area (Å²) in [6, 6.07) is 8.36. The van der Waals surface area contributed by atoms with E-state index >= 15 is 0 Å². The predicted molar refractivity (Wildman–Crippen MR) is 76.3 cm³/mol. The smallest absolute Gasteiger partial charge is 0.119 e. The van der Waals surface area contributed by atoms with Crippen molar-refractivity contribution in [1.29, 1.82) is 0 Å². The van der Waals surface area contributed by atoms with E-state index in [1.54, 1.807) is 12.4 Å². The number of benzene rings is 1. The molecule has 1 atom stereocenters. The fourth-order valence-electron chi connectivity index (χ4n) is 1.78. The van der Waals surface area contributed by atoms with E-state index in [4.69, 9.17) is 4.74 Å². The maximum absolute atomic E-state index is 5.57. The number of hydrogen-bond acceptors (Lipinski definition) is 4. The van der Waals surface area contributed by atoms with Crippen molar-refractivity contribution in [3.8, 4) is 5.75 Å². The molecule has 2 aromatic rings. The van der Waals surface area contributed by atoms with Gasteiger partial charge in [0, 0.05) is 6.04 Å². The van der Waals surface area contributed by atoms with Crippen LogP contribution in [0.15, 0.2) is 43.0 Å². The van der Waals surface area contributed by atoms with Crippen LogP contribution in [0.2, 0.25) is 0 Å². The van der Waals surface area contributed by atoms with Gasteiger partial charge in [-0.05, 0) is 31.0 Å². The molecule has 0 saturated carbocycles. The van der Waals surface area contributed by atoms with Gasteiger partial charge in [0.2, 0.25) is 0 Å². The van der Waals surface area contributed by atoms with Crippen molar-refractivity contribution >= 4 is 5.69 Å². The molecule has 4 nitrogen and oxygen atoms in total. The minimum Gasteiger partial charge on any atom is -0.494 e. The average Bonchev–Trinajstić information content (AvgIpc) is 2.46. The van der Waals surface area contributed by atoms with Crippen molar-refractivity contribution in [2.45, 2.75) is 26.3 Å². The fraction of sp³-hybridized carbons (Fsp3) is 0.333. The summed E-state index contributed by atoms with van der Waals surface area (Å²) >= 11 is 0. The topological polar surface area (TPSA) is 47.0 Å². The minimum atomic E-state index is 0.200. The van der Waals surface area contributed by atoms with Crippen molar-refractivity contribution in [1.82, 2.24) is 9.97 Å². The van der Waals surface area contributed by atoms with E-state index in [1.807, 2.05) is 12.1 Å². The Hall–Kier alpha value is -2.10. The molecule has 0 amide bonds. The standard InChI is InChI=1S/C15H19N3O/c1-3-8-19-15-6-4-13(5-7-15)12(2)18-14-9-16-11-17-10-14/h4-7,9-12,18H,3,8H2,1-2H3. The zero-order valence-electron chi connectivity index (χ0n) is 11.3. The van der Waals surface area contributed by atoms with E-state index in [0.717, 1.165) is 24.5 Å². The lowest BCUT2D eigenvalue weighted by Gasteiger charge is -2.15. The monoisotopic (exact) mass is 257 g/mol. The predicted octanol–water partition coefficient (Wildman–Crippen LogP) is 3.44. The number of rotatable bonds is 6. The van der Waals surface area contributed by atoms with Gasteiger partial charge in [0.15, 0.2) is 0 Å².